The van der Waals surface area contributed by atoms with Crippen molar-refractivity contribution in [3.05, 3.63) is 30.4 Å². The second kappa shape index (κ2) is 7.30. The van der Waals surface area contributed by atoms with Crippen molar-refractivity contribution in [2.24, 2.45) is 13.0 Å². The van der Waals surface area contributed by atoms with Crippen molar-refractivity contribution in [3.8, 4) is 0 Å². The number of nitrogens with zero attached hydrogens (tertiary/aromatic N) is 6. The van der Waals surface area contributed by atoms with Gasteiger partial charge in [-0.2, -0.15) is 5.10 Å². The molecule has 2 aliphatic rings. The van der Waals surface area contributed by atoms with Gasteiger partial charge in [0.2, 0.25) is 0 Å². The van der Waals surface area contributed by atoms with Crippen molar-refractivity contribution < 1.29 is 4.79 Å². The van der Waals surface area contributed by atoms with Gasteiger partial charge >= 0.3 is 6.03 Å². The Labute approximate surface area is 175 Å². The Morgan fingerprint density at radius 3 is 2.93 bits per heavy atom. The van der Waals surface area contributed by atoms with Gasteiger partial charge in [-0.05, 0) is 31.2 Å². The van der Waals surface area contributed by atoms with E-state index >= 15 is 0 Å². The van der Waals surface area contributed by atoms with Gasteiger partial charge in [0.1, 0.15) is 23.6 Å². The number of piperidine rings is 1. The predicted octanol–water partition coefficient (Wildman–Crippen LogP) is 2.95. The third-order valence-corrected chi connectivity index (χ3v) is 6.50. The fourth-order valence-corrected chi connectivity index (χ4v) is 4.41. The molecule has 2 unspecified atom stereocenters. The largest absolute Gasteiger partial charge is 0.354 e. The van der Waals surface area contributed by atoms with Crippen LogP contribution in [0.25, 0.3) is 11.0 Å². The molecule has 30 heavy (non-hydrogen) atoms. The van der Waals surface area contributed by atoms with Crippen LogP contribution in [-0.4, -0.2) is 61.8 Å². The number of nitrogens with one attached hydrogen (secondary N) is 2. The summed E-state index contributed by atoms with van der Waals surface area (Å²) in [5.74, 6) is 2.66. The zero-order valence-electron chi connectivity index (χ0n) is 17.7. The fraction of sp³-hybridized carbons (Fsp3) is 0.524. The molecular weight excluding hydrogens is 380 g/mol. The van der Waals surface area contributed by atoms with E-state index < -0.39 is 0 Å². The van der Waals surface area contributed by atoms with Crippen LogP contribution in [0.3, 0.4) is 0 Å². The average molecular weight is 409 g/mol. The summed E-state index contributed by atoms with van der Waals surface area (Å²) < 4.78 is 1.77. The number of rotatable bonds is 4. The summed E-state index contributed by atoms with van der Waals surface area (Å²) >= 11 is 0. The van der Waals surface area contributed by atoms with Gasteiger partial charge in [-0.3, -0.25) is 10.00 Å². The molecule has 0 bridgehead atoms. The summed E-state index contributed by atoms with van der Waals surface area (Å²) in [6.45, 7) is 3.63. The Morgan fingerprint density at radius 1 is 1.30 bits per heavy atom. The summed E-state index contributed by atoms with van der Waals surface area (Å²) in [7, 11) is 3.94. The zero-order valence-corrected chi connectivity index (χ0v) is 17.7. The van der Waals surface area contributed by atoms with Gasteiger partial charge in [-0.25, -0.2) is 14.8 Å². The topological polar surface area (TPSA) is 95.0 Å². The molecule has 9 heteroatoms. The minimum Gasteiger partial charge on any atom is -0.354 e. The van der Waals surface area contributed by atoms with Crippen LogP contribution >= 0.6 is 0 Å². The number of hydrogen-bond donors (Lipinski definition) is 2. The molecule has 4 heterocycles. The van der Waals surface area contributed by atoms with E-state index in [-0.39, 0.29) is 12.1 Å². The molecule has 2 amide bonds. The third kappa shape index (κ3) is 3.38. The second-order valence-corrected chi connectivity index (χ2v) is 8.61. The quantitative estimate of drug-likeness (QED) is 0.692. The van der Waals surface area contributed by atoms with Gasteiger partial charge in [0, 0.05) is 45.4 Å². The van der Waals surface area contributed by atoms with Crippen molar-refractivity contribution in [1.82, 2.24) is 29.6 Å². The van der Waals surface area contributed by atoms with Crippen LogP contribution in [0.4, 0.5) is 16.4 Å². The number of carbonyl (C=O) groups is 1. The number of aromatic amines is 1. The molecule has 1 saturated heterocycles. The van der Waals surface area contributed by atoms with Crippen LogP contribution in [0.2, 0.25) is 0 Å². The Kier molecular flexibility index (Phi) is 4.60. The number of aromatic nitrogens is 5. The third-order valence-electron chi connectivity index (χ3n) is 6.50. The van der Waals surface area contributed by atoms with Crippen LogP contribution in [0.1, 0.15) is 37.8 Å². The highest BCUT2D eigenvalue weighted by molar-refractivity contribution is 5.89. The van der Waals surface area contributed by atoms with E-state index in [1.165, 1.54) is 12.8 Å². The highest BCUT2D eigenvalue weighted by Gasteiger charge is 2.33. The maximum atomic E-state index is 13.0. The minimum absolute atomic E-state index is 0.0693. The van der Waals surface area contributed by atoms with Crippen LogP contribution in [0.15, 0.2) is 24.7 Å². The number of amides is 2. The van der Waals surface area contributed by atoms with Gasteiger partial charge in [0.15, 0.2) is 0 Å². The molecule has 2 atom stereocenters. The number of aryl methyl sites for hydroxylation is 1. The maximum absolute atomic E-state index is 13.0. The van der Waals surface area contributed by atoms with Crippen LogP contribution in [0.5, 0.6) is 0 Å². The van der Waals surface area contributed by atoms with Crippen molar-refractivity contribution in [3.63, 3.8) is 0 Å². The molecule has 5 rings (SSSR count). The lowest BCUT2D eigenvalue weighted by Gasteiger charge is -2.42. The van der Waals surface area contributed by atoms with E-state index in [0.717, 1.165) is 41.3 Å². The number of urea groups is 1. The SMILES string of the molecule is CC1CCN(C(=O)Nc2cc(C3CC3)nn2C)CC1N(C)c1ncnc2[nH]ccc12. The number of likely N-dealkylation sites (N-methyl/N-ethyl adjacent to an activating group) is 1. The summed E-state index contributed by atoms with van der Waals surface area (Å²) in [6, 6.07) is 4.11. The number of anilines is 2. The predicted molar refractivity (Wildman–Crippen MR) is 116 cm³/mol. The summed E-state index contributed by atoms with van der Waals surface area (Å²) in [6.07, 6.45) is 6.80. The number of likely N-dealkylation sites (tertiary alicyclic amines) is 1. The second-order valence-electron chi connectivity index (χ2n) is 8.61. The molecule has 0 aromatic carbocycles. The number of H-pyrrole nitrogens is 1. The first kappa shape index (κ1) is 18.9. The molecule has 0 radical (unpaired) electrons. The van der Waals surface area contributed by atoms with Crippen molar-refractivity contribution >= 4 is 28.7 Å². The maximum Gasteiger partial charge on any atom is 0.323 e. The molecule has 1 aliphatic carbocycles. The van der Waals surface area contributed by atoms with Crippen LogP contribution < -0.4 is 10.2 Å². The Balaban J connectivity index is 1.31. The smallest absolute Gasteiger partial charge is 0.323 e. The van der Waals surface area contributed by atoms with E-state index in [0.29, 0.717) is 18.4 Å². The lowest BCUT2D eigenvalue weighted by atomic mass is 9.92. The monoisotopic (exact) mass is 408 g/mol. The van der Waals surface area contributed by atoms with E-state index in [1.807, 2.05) is 30.3 Å². The molecule has 1 saturated carbocycles. The lowest BCUT2D eigenvalue weighted by molar-refractivity contribution is 0.172. The van der Waals surface area contributed by atoms with Gasteiger partial charge in [-0.15, -0.1) is 0 Å². The normalized spacial score (nSPS) is 21.8. The van der Waals surface area contributed by atoms with E-state index in [1.54, 1.807) is 11.0 Å². The highest BCUT2D eigenvalue weighted by Crippen LogP contribution is 2.40. The van der Waals surface area contributed by atoms with Crippen molar-refractivity contribution in [2.75, 3.05) is 30.4 Å². The van der Waals surface area contributed by atoms with Crippen LogP contribution in [-0.2, 0) is 7.05 Å². The van der Waals surface area contributed by atoms with Gasteiger partial charge < -0.3 is 14.8 Å². The first-order valence-corrected chi connectivity index (χ1v) is 10.6. The molecule has 158 valence electrons. The Morgan fingerprint density at radius 2 is 2.13 bits per heavy atom. The lowest BCUT2D eigenvalue weighted by Crippen LogP contribution is -2.53. The van der Waals surface area contributed by atoms with Crippen molar-refractivity contribution in [1.29, 1.82) is 0 Å². The number of fused-ring (bicyclic) bond motifs is 1. The van der Waals surface area contributed by atoms with E-state index in [2.05, 4.69) is 44.2 Å². The first-order valence-electron chi connectivity index (χ1n) is 10.6. The molecule has 0 spiro atoms. The molecule has 3 aromatic heterocycles. The van der Waals surface area contributed by atoms with Gasteiger partial charge in [0.05, 0.1) is 17.1 Å². The van der Waals surface area contributed by atoms with E-state index in [4.69, 9.17) is 0 Å². The zero-order chi connectivity index (χ0) is 20.8. The summed E-state index contributed by atoms with van der Waals surface area (Å²) in [5.41, 5.74) is 1.91. The molecule has 2 N–H and O–H groups in total. The molecular formula is C21H28N8O. The summed E-state index contributed by atoms with van der Waals surface area (Å²) in [5, 5.41) is 8.61. The standard InChI is InChI=1S/C21H28N8O/c1-13-7-9-29(21(30)25-18-10-16(14-4-5-14)26-28(18)3)11-17(13)27(2)20-15-6-8-22-19(15)23-12-24-20/h6,8,10,12-14,17H,4-5,7,9,11H2,1-3H3,(H,25,30)(H,22,23,24). The minimum atomic E-state index is -0.0693. The number of hydrogen-bond acceptors (Lipinski definition) is 5. The Hall–Kier alpha value is -3.10. The molecule has 3 aromatic rings. The molecule has 9 nitrogen and oxygen atoms in total. The number of carbonyl (C=O) groups excluding carboxylic acids is 1. The highest BCUT2D eigenvalue weighted by atomic mass is 16.2. The van der Waals surface area contributed by atoms with Gasteiger partial charge in [-0.1, -0.05) is 6.92 Å². The van der Waals surface area contributed by atoms with Crippen molar-refractivity contribution in [2.45, 2.75) is 38.1 Å². The fourth-order valence-electron chi connectivity index (χ4n) is 4.41. The van der Waals surface area contributed by atoms with Gasteiger partial charge in [0.25, 0.3) is 0 Å². The molecule has 2 fully saturated rings. The van der Waals surface area contributed by atoms with Crippen LogP contribution in [0, 0.1) is 5.92 Å². The van der Waals surface area contributed by atoms with E-state index in [9.17, 15) is 4.79 Å². The first-order chi connectivity index (χ1) is 14.5. The average Bonchev–Trinajstić information content (AvgIpc) is 3.37. The molecule has 1 aliphatic heterocycles. The summed E-state index contributed by atoms with van der Waals surface area (Å²) in [4.78, 5) is 29.1. The Bertz CT molecular complexity index is 1070.